The summed E-state index contributed by atoms with van der Waals surface area (Å²) in [7, 11) is 0. The van der Waals surface area contributed by atoms with Gasteiger partial charge in [-0.1, -0.05) is 27.2 Å². The fraction of sp³-hybridized carbons (Fsp3) is 1.00. The van der Waals surface area contributed by atoms with Gasteiger partial charge in [0.05, 0.1) is 5.60 Å². The van der Waals surface area contributed by atoms with E-state index in [1.807, 2.05) is 0 Å². The van der Waals surface area contributed by atoms with Gasteiger partial charge in [0.1, 0.15) is 0 Å². The molecule has 3 N–H and O–H groups in total. The van der Waals surface area contributed by atoms with E-state index >= 15 is 0 Å². The quantitative estimate of drug-likeness (QED) is 0.636. The first kappa shape index (κ1) is 16.9. The smallest absolute Gasteiger partial charge is 0.0771 e. The standard InChI is InChI=1S/C16H33NO2/c1-4-14-7-9-16(19,10-8-14)12-17-11-15(5-2,6-3)13-18/h14,17-19H,4-13H2,1-3H3. The molecule has 3 nitrogen and oxygen atoms in total. The van der Waals surface area contributed by atoms with E-state index in [9.17, 15) is 10.2 Å². The molecule has 0 heterocycles. The zero-order chi connectivity index (χ0) is 14.4. The Bertz CT molecular complexity index is 235. The zero-order valence-corrected chi connectivity index (χ0v) is 13.0. The maximum Gasteiger partial charge on any atom is 0.0771 e. The zero-order valence-electron chi connectivity index (χ0n) is 13.0. The monoisotopic (exact) mass is 271 g/mol. The van der Waals surface area contributed by atoms with E-state index in [-0.39, 0.29) is 12.0 Å². The molecule has 19 heavy (non-hydrogen) atoms. The maximum atomic E-state index is 10.6. The minimum atomic E-state index is -0.519. The van der Waals surface area contributed by atoms with Crippen LogP contribution in [0.2, 0.25) is 0 Å². The van der Waals surface area contributed by atoms with Crippen molar-refractivity contribution in [3.05, 3.63) is 0 Å². The Hall–Kier alpha value is -0.120. The molecule has 0 spiro atoms. The van der Waals surface area contributed by atoms with E-state index in [0.29, 0.717) is 6.54 Å². The Morgan fingerprint density at radius 1 is 1.16 bits per heavy atom. The number of rotatable bonds is 8. The van der Waals surface area contributed by atoms with Crippen molar-refractivity contribution in [3.8, 4) is 0 Å². The SMILES string of the molecule is CCC1CCC(O)(CNCC(CC)(CC)CO)CC1. The Kier molecular flexibility index (Phi) is 6.78. The molecule has 0 atom stereocenters. The van der Waals surface area contributed by atoms with Crippen LogP contribution in [0.15, 0.2) is 0 Å². The highest BCUT2D eigenvalue weighted by Crippen LogP contribution is 2.33. The van der Waals surface area contributed by atoms with Gasteiger partial charge in [0.25, 0.3) is 0 Å². The van der Waals surface area contributed by atoms with Crippen molar-refractivity contribution in [1.82, 2.24) is 5.32 Å². The largest absolute Gasteiger partial charge is 0.396 e. The van der Waals surface area contributed by atoms with Crippen molar-refractivity contribution < 1.29 is 10.2 Å². The second-order valence-corrected chi connectivity index (χ2v) is 6.54. The van der Waals surface area contributed by atoms with Crippen LogP contribution >= 0.6 is 0 Å². The topological polar surface area (TPSA) is 52.5 Å². The van der Waals surface area contributed by atoms with Gasteiger partial charge in [-0.25, -0.2) is 0 Å². The molecule has 0 aromatic rings. The summed E-state index contributed by atoms with van der Waals surface area (Å²) in [6.45, 7) is 8.20. The minimum absolute atomic E-state index is 0.0169. The van der Waals surface area contributed by atoms with Crippen LogP contribution in [0.3, 0.4) is 0 Å². The molecule has 0 radical (unpaired) electrons. The van der Waals surface area contributed by atoms with E-state index in [1.165, 1.54) is 6.42 Å². The molecular formula is C16H33NO2. The Labute approximate surface area is 118 Å². The molecule has 0 amide bonds. The third kappa shape index (κ3) is 4.73. The van der Waals surface area contributed by atoms with Gasteiger partial charge in [0, 0.05) is 25.1 Å². The van der Waals surface area contributed by atoms with Gasteiger partial charge < -0.3 is 15.5 Å². The van der Waals surface area contributed by atoms with Gasteiger partial charge in [-0.2, -0.15) is 0 Å². The Morgan fingerprint density at radius 2 is 1.74 bits per heavy atom. The summed E-state index contributed by atoms with van der Waals surface area (Å²) in [5.41, 5.74) is -0.536. The third-order valence-electron chi connectivity index (χ3n) is 5.40. The van der Waals surface area contributed by atoms with Gasteiger partial charge in [0.2, 0.25) is 0 Å². The average Bonchev–Trinajstić information content (AvgIpc) is 2.45. The summed E-state index contributed by atoms with van der Waals surface area (Å²) < 4.78 is 0. The summed E-state index contributed by atoms with van der Waals surface area (Å²) in [4.78, 5) is 0. The molecule has 1 aliphatic rings. The first-order valence-corrected chi connectivity index (χ1v) is 8.07. The van der Waals surface area contributed by atoms with Crippen LogP contribution in [0.5, 0.6) is 0 Å². The van der Waals surface area contributed by atoms with Crippen LogP contribution in [0, 0.1) is 11.3 Å². The lowest BCUT2D eigenvalue weighted by atomic mass is 9.77. The molecule has 114 valence electrons. The first-order chi connectivity index (χ1) is 9.03. The van der Waals surface area contributed by atoms with Gasteiger partial charge in [-0.3, -0.25) is 0 Å². The highest BCUT2D eigenvalue weighted by molar-refractivity contribution is 4.88. The van der Waals surface area contributed by atoms with Crippen LogP contribution in [0.25, 0.3) is 0 Å². The van der Waals surface area contributed by atoms with E-state index in [2.05, 4.69) is 26.1 Å². The summed E-state index contributed by atoms with van der Waals surface area (Å²) in [5, 5.41) is 23.5. The summed E-state index contributed by atoms with van der Waals surface area (Å²) in [6, 6.07) is 0. The lowest BCUT2D eigenvalue weighted by molar-refractivity contribution is -0.0123. The van der Waals surface area contributed by atoms with Crippen molar-refractivity contribution in [3.63, 3.8) is 0 Å². The van der Waals surface area contributed by atoms with E-state index in [0.717, 1.165) is 51.0 Å². The summed E-state index contributed by atoms with van der Waals surface area (Å²) >= 11 is 0. The third-order valence-corrected chi connectivity index (χ3v) is 5.40. The molecule has 3 heteroatoms. The summed E-state index contributed by atoms with van der Waals surface area (Å²) in [5.74, 6) is 0.808. The predicted octanol–water partition coefficient (Wildman–Crippen LogP) is 2.71. The molecule has 1 saturated carbocycles. The minimum Gasteiger partial charge on any atom is -0.396 e. The van der Waals surface area contributed by atoms with Crippen molar-refractivity contribution in [2.24, 2.45) is 11.3 Å². The normalized spacial score (nSPS) is 28.6. The molecule has 1 rings (SSSR count). The fourth-order valence-corrected chi connectivity index (χ4v) is 3.14. The van der Waals surface area contributed by atoms with Crippen molar-refractivity contribution >= 4 is 0 Å². The van der Waals surface area contributed by atoms with Gasteiger partial charge in [-0.15, -0.1) is 0 Å². The molecule has 1 fully saturated rings. The molecule has 1 aliphatic carbocycles. The lowest BCUT2D eigenvalue weighted by Crippen LogP contribution is -2.47. The van der Waals surface area contributed by atoms with Gasteiger partial charge in [0.15, 0.2) is 0 Å². The van der Waals surface area contributed by atoms with Crippen LogP contribution in [-0.2, 0) is 0 Å². The molecule has 0 aliphatic heterocycles. The maximum absolute atomic E-state index is 10.6. The van der Waals surface area contributed by atoms with Crippen LogP contribution < -0.4 is 5.32 Å². The van der Waals surface area contributed by atoms with Crippen LogP contribution in [-0.4, -0.2) is 35.5 Å². The van der Waals surface area contributed by atoms with Crippen molar-refractivity contribution in [1.29, 1.82) is 0 Å². The number of nitrogens with one attached hydrogen (secondary N) is 1. The second-order valence-electron chi connectivity index (χ2n) is 6.54. The molecule has 0 aromatic heterocycles. The number of aliphatic hydroxyl groups is 2. The first-order valence-electron chi connectivity index (χ1n) is 8.07. The molecule has 0 unspecified atom stereocenters. The van der Waals surface area contributed by atoms with Crippen LogP contribution in [0.1, 0.15) is 65.7 Å². The van der Waals surface area contributed by atoms with E-state index in [4.69, 9.17) is 0 Å². The average molecular weight is 271 g/mol. The second kappa shape index (κ2) is 7.61. The van der Waals surface area contributed by atoms with E-state index < -0.39 is 5.60 Å². The fourth-order valence-electron chi connectivity index (χ4n) is 3.14. The Morgan fingerprint density at radius 3 is 2.16 bits per heavy atom. The Balaban J connectivity index is 2.36. The number of hydrogen-bond acceptors (Lipinski definition) is 3. The molecular weight excluding hydrogens is 238 g/mol. The molecule has 0 bridgehead atoms. The van der Waals surface area contributed by atoms with E-state index in [1.54, 1.807) is 0 Å². The highest BCUT2D eigenvalue weighted by atomic mass is 16.3. The van der Waals surface area contributed by atoms with Gasteiger partial charge in [-0.05, 0) is 44.4 Å². The molecule has 0 saturated heterocycles. The van der Waals surface area contributed by atoms with Crippen molar-refractivity contribution in [2.75, 3.05) is 19.7 Å². The predicted molar refractivity (Wildman–Crippen MR) is 80.2 cm³/mol. The molecule has 0 aromatic carbocycles. The highest BCUT2D eigenvalue weighted by Gasteiger charge is 2.33. The van der Waals surface area contributed by atoms with Crippen LogP contribution in [0.4, 0.5) is 0 Å². The number of aliphatic hydroxyl groups excluding tert-OH is 1. The van der Waals surface area contributed by atoms with Gasteiger partial charge >= 0.3 is 0 Å². The van der Waals surface area contributed by atoms with Crippen molar-refractivity contribution in [2.45, 2.75) is 71.3 Å². The summed E-state index contributed by atoms with van der Waals surface area (Å²) in [6.07, 6.45) is 7.34. The number of hydrogen-bond donors (Lipinski definition) is 3. The lowest BCUT2D eigenvalue weighted by Gasteiger charge is -2.37.